The number of nitrogens with two attached hydrogens (primary N) is 1. The highest BCUT2D eigenvalue weighted by Gasteiger charge is 2.01. The Morgan fingerprint density at radius 2 is 1.41 bits per heavy atom. The van der Waals surface area contributed by atoms with E-state index >= 15 is 0 Å². The van der Waals surface area contributed by atoms with E-state index in [1.165, 1.54) is 12.1 Å². The molecule has 0 aliphatic rings. The molecule has 2 aromatic carbocycles. The van der Waals surface area contributed by atoms with Crippen molar-refractivity contribution < 1.29 is 9.13 Å². The fraction of sp³-hybridized carbons (Fsp3) is 0.143. The lowest BCUT2D eigenvalue weighted by Crippen LogP contribution is -2.04. The number of benzene rings is 2. The zero-order valence-electron chi connectivity index (χ0n) is 9.56. The molecule has 2 rings (SSSR count). The van der Waals surface area contributed by atoms with Crippen molar-refractivity contribution in [1.82, 2.24) is 0 Å². The van der Waals surface area contributed by atoms with E-state index in [1.54, 1.807) is 12.1 Å². The van der Waals surface area contributed by atoms with Crippen LogP contribution >= 0.6 is 0 Å². The molecule has 88 valence electrons. The quantitative estimate of drug-likeness (QED) is 0.875. The maximum absolute atomic E-state index is 12.7. The van der Waals surface area contributed by atoms with Crippen molar-refractivity contribution in [3.63, 3.8) is 0 Å². The van der Waals surface area contributed by atoms with Crippen molar-refractivity contribution in [2.45, 2.75) is 13.0 Å². The SMILES string of the molecule is CC(N)c1ccc(Oc2ccc(F)cc2)cc1. The van der Waals surface area contributed by atoms with Gasteiger partial charge in [0.1, 0.15) is 17.3 Å². The number of hydrogen-bond donors (Lipinski definition) is 1. The van der Waals surface area contributed by atoms with Crippen molar-refractivity contribution >= 4 is 0 Å². The van der Waals surface area contributed by atoms with E-state index in [0.29, 0.717) is 11.5 Å². The molecule has 0 radical (unpaired) electrons. The van der Waals surface area contributed by atoms with E-state index < -0.39 is 0 Å². The average Bonchev–Trinajstić information content (AvgIpc) is 2.33. The third kappa shape index (κ3) is 3.04. The lowest BCUT2D eigenvalue weighted by molar-refractivity contribution is 0.480. The van der Waals surface area contributed by atoms with E-state index in [9.17, 15) is 4.39 Å². The summed E-state index contributed by atoms with van der Waals surface area (Å²) in [6.45, 7) is 1.93. The Labute approximate surface area is 99.8 Å². The van der Waals surface area contributed by atoms with Gasteiger partial charge in [0.2, 0.25) is 0 Å². The van der Waals surface area contributed by atoms with Gasteiger partial charge in [0.05, 0.1) is 0 Å². The van der Waals surface area contributed by atoms with E-state index in [4.69, 9.17) is 10.5 Å². The second-order valence-electron chi connectivity index (χ2n) is 3.91. The smallest absolute Gasteiger partial charge is 0.127 e. The minimum Gasteiger partial charge on any atom is -0.457 e. The van der Waals surface area contributed by atoms with Crippen LogP contribution in [-0.2, 0) is 0 Å². The summed E-state index contributed by atoms with van der Waals surface area (Å²) in [4.78, 5) is 0. The van der Waals surface area contributed by atoms with Gasteiger partial charge in [-0.05, 0) is 48.9 Å². The van der Waals surface area contributed by atoms with Crippen LogP contribution in [0.4, 0.5) is 4.39 Å². The first kappa shape index (κ1) is 11.6. The lowest BCUT2D eigenvalue weighted by atomic mass is 10.1. The Bertz CT molecular complexity index is 477. The summed E-state index contributed by atoms with van der Waals surface area (Å²) >= 11 is 0. The van der Waals surface area contributed by atoms with Gasteiger partial charge in [-0.2, -0.15) is 0 Å². The van der Waals surface area contributed by atoms with Crippen LogP contribution in [-0.4, -0.2) is 0 Å². The van der Waals surface area contributed by atoms with Gasteiger partial charge in [0, 0.05) is 6.04 Å². The van der Waals surface area contributed by atoms with E-state index in [1.807, 2.05) is 31.2 Å². The molecule has 0 fully saturated rings. The molecule has 0 aromatic heterocycles. The second-order valence-corrected chi connectivity index (χ2v) is 3.91. The number of ether oxygens (including phenoxy) is 1. The maximum Gasteiger partial charge on any atom is 0.127 e. The Kier molecular flexibility index (Phi) is 3.40. The zero-order chi connectivity index (χ0) is 12.3. The molecule has 0 spiro atoms. The molecule has 0 heterocycles. The molecule has 0 aliphatic carbocycles. The third-order valence-electron chi connectivity index (χ3n) is 2.46. The minimum absolute atomic E-state index is 0.00914. The van der Waals surface area contributed by atoms with Gasteiger partial charge in [0.25, 0.3) is 0 Å². The van der Waals surface area contributed by atoms with Gasteiger partial charge in [-0.1, -0.05) is 12.1 Å². The minimum atomic E-state index is -0.273. The van der Waals surface area contributed by atoms with Crippen LogP contribution in [0, 0.1) is 5.82 Å². The first-order valence-corrected chi connectivity index (χ1v) is 5.44. The first-order valence-electron chi connectivity index (χ1n) is 5.44. The topological polar surface area (TPSA) is 35.2 Å². The van der Waals surface area contributed by atoms with Gasteiger partial charge >= 0.3 is 0 Å². The predicted molar refractivity (Wildman–Crippen MR) is 65.5 cm³/mol. The molecular formula is C14H14FNO. The number of hydrogen-bond acceptors (Lipinski definition) is 2. The Morgan fingerprint density at radius 3 is 1.88 bits per heavy atom. The highest BCUT2D eigenvalue weighted by Crippen LogP contribution is 2.22. The molecule has 3 heteroatoms. The van der Waals surface area contributed by atoms with Gasteiger partial charge in [0.15, 0.2) is 0 Å². The van der Waals surface area contributed by atoms with Crippen LogP contribution in [0.3, 0.4) is 0 Å². The largest absolute Gasteiger partial charge is 0.457 e. The lowest BCUT2D eigenvalue weighted by Gasteiger charge is -2.08. The molecule has 17 heavy (non-hydrogen) atoms. The summed E-state index contributed by atoms with van der Waals surface area (Å²) < 4.78 is 18.3. The molecule has 1 unspecified atom stereocenters. The maximum atomic E-state index is 12.7. The van der Waals surface area contributed by atoms with Crippen LogP contribution in [0.15, 0.2) is 48.5 Å². The van der Waals surface area contributed by atoms with E-state index in [0.717, 1.165) is 5.56 Å². The molecular weight excluding hydrogens is 217 g/mol. The van der Waals surface area contributed by atoms with Gasteiger partial charge in [-0.3, -0.25) is 0 Å². The van der Waals surface area contributed by atoms with Crippen LogP contribution in [0.2, 0.25) is 0 Å². The summed E-state index contributed by atoms with van der Waals surface area (Å²) in [5.41, 5.74) is 6.80. The van der Waals surface area contributed by atoms with E-state index in [-0.39, 0.29) is 11.9 Å². The Morgan fingerprint density at radius 1 is 0.941 bits per heavy atom. The molecule has 0 aliphatic heterocycles. The fourth-order valence-electron chi connectivity index (χ4n) is 1.48. The number of rotatable bonds is 3. The molecule has 2 N–H and O–H groups in total. The van der Waals surface area contributed by atoms with Crippen LogP contribution in [0.5, 0.6) is 11.5 Å². The summed E-state index contributed by atoms with van der Waals surface area (Å²) in [6, 6.07) is 13.5. The second kappa shape index (κ2) is 4.97. The van der Waals surface area contributed by atoms with Crippen molar-refractivity contribution in [1.29, 1.82) is 0 Å². The normalized spacial score (nSPS) is 12.2. The molecule has 0 saturated heterocycles. The Hall–Kier alpha value is -1.87. The van der Waals surface area contributed by atoms with Gasteiger partial charge in [-0.15, -0.1) is 0 Å². The highest BCUT2D eigenvalue weighted by atomic mass is 19.1. The molecule has 2 nitrogen and oxygen atoms in total. The molecule has 0 amide bonds. The Balaban J connectivity index is 2.11. The third-order valence-corrected chi connectivity index (χ3v) is 2.46. The van der Waals surface area contributed by atoms with E-state index in [2.05, 4.69) is 0 Å². The summed E-state index contributed by atoms with van der Waals surface area (Å²) in [6.07, 6.45) is 0. The fourth-order valence-corrected chi connectivity index (χ4v) is 1.48. The monoisotopic (exact) mass is 231 g/mol. The van der Waals surface area contributed by atoms with Crippen molar-refractivity contribution in [3.05, 3.63) is 59.9 Å². The van der Waals surface area contributed by atoms with Gasteiger partial charge < -0.3 is 10.5 Å². The first-order chi connectivity index (χ1) is 8.15. The van der Waals surface area contributed by atoms with Crippen molar-refractivity contribution in [2.75, 3.05) is 0 Å². The highest BCUT2D eigenvalue weighted by molar-refractivity contribution is 5.33. The number of halogens is 1. The molecule has 1 atom stereocenters. The molecule has 2 aromatic rings. The van der Waals surface area contributed by atoms with Crippen LogP contribution in [0.1, 0.15) is 18.5 Å². The standard InChI is InChI=1S/C14H14FNO/c1-10(16)11-2-6-13(7-3-11)17-14-8-4-12(15)5-9-14/h2-10H,16H2,1H3. The zero-order valence-corrected chi connectivity index (χ0v) is 9.56. The van der Waals surface area contributed by atoms with Gasteiger partial charge in [-0.25, -0.2) is 4.39 Å². The van der Waals surface area contributed by atoms with Crippen molar-refractivity contribution in [3.8, 4) is 11.5 Å². The summed E-state index contributed by atoms with van der Waals surface area (Å²) in [5, 5.41) is 0. The molecule has 0 saturated carbocycles. The van der Waals surface area contributed by atoms with Crippen LogP contribution in [0.25, 0.3) is 0 Å². The summed E-state index contributed by atoms with van der Waals surface area (Å²) in [5.74, 6) is 1.05. The predicted octanol–water partition coefficient (Wildman–Crippen LogP) is 3.64. The average molecular weight is 231 g/mol. The van der Waals surface area contributed by atoms with Crippen molar-refractivity contribution in [2.24, 2.45) is 5.73 Å². The van der Waals surface area contributed by atoms with Crippen LogP contribution < -0.4 is 10.5 Å². The molecule has 0 bridgehead atoms. The summed E-state index contributed by atoms with van der Waals surface area (Å²) in [7, 11) is 0.